The SMILES string of the molecule is CN(C)c1ccc([C@H](CNC(=O)Cc2ccc(F)cc2)N2CCc3ccccc3C2)cc1. The number of halogens is 1. The summed E-state index contributed by atoms with van der Waals surface area (Å²) in [6, 6.07) is 23.3. The van der Waals surface area contributed by atoms with Gasteiger partial charge in [-0.05, 0) is 52.9 Å². The topological polar surface area (TPSA) is 35.6 Å². The van der Waals surface area contributed by atoms with E-state index in [0.717, 1.165) is 30.8 Å². The number of nitrogens with zero attached hydrogens (tertiary/aromatic N) is 2. The Balaban J connectivity index is 1.49. The lowest BCUT2D eigenvalue weighted by atomic mass is 9.96. The van der Waals surface area contributed by atoms with E-state index in [-0.39, 0.29) is 24.2 Å². The Morgan fingerprint density at radius 3 is 2.38 bits per heavy atom. The Hall–Kier alpha value is -3.18. The van der Waals surface area contributed by atoms with Crippen molar-refractivity contribution < 1.29 is 9.18 Å². The quantitative estimate of drug-likeness (QED) is 0.604. The van der Waals surface area contributed by atoms with Crippen molar-refractivity contribution in [2.24, 2.45) is 0 Å². The normalized spacial score (nSPS) is 14.5. The van der Waals surface area contributed by atoms with E-state index in [2.05, 4.69) is 63.6 Å². The first-order valence-corrected chi connectivity index (χ1v) is 11.1. The van der Waals surface area contributed by atoms with E-state index in [9.17, 15) is 9.18 Å². The third-order valence-corrected chi connectivity index (χ3v) is 6.17. The third kappa shape index (κ3) is 5.35. The van der Waals surface area contributed by atoms with Gasteiger partial charge in [0.05, 0.1) is 12.5 Å². The first kappa shape index (κ1) is 22.0. The van der Waals surface area contributed by atoms with E-state index in [1.165, 1.54) is 28.8 Å². The summed E-state index contributed by atoms with van der Waals surface area (Å²) >= 11 is 0. The Morgan fingerprint density at radius 2 is 1.69 bits per heavy atom. The van der Waals surface area contributed by atoms with E-state index in [1.54, 1.807) is 12.1 Å². The van der Waals surface area contributed by atoms with Crippen LogP contribution in [0.2, 0.25) is 0 Å². The standard InChI is InChI=1S/C27H30FN3O/c1-30(2)25-13-9-22(10-14-25)26(31-16-15-21-5-3-4-6-23(21)19-31)18-29-27(32)17-20-7-11-24(28)12-8-20/h3-14,26H,15-19H2,1-2H3,(H,29,32)/t26-/m0/s1. The zero-order valence-corrected chi connectivity index (χ0v) is 18.7. The number of amides is 1. The van der Waals surface area contributed by atoms with Gasteiger partial charge in [-0.1, -0.05) is 48.5 Å². The lowest BCUT2D eigenvalue weighted by Gasteiger charge is -2.36. The molecule has 1 aliphatic heterocycles. The van der Waals surface area contributed by atoms with Gasteiger partial charge in [0.15, 0.2) is 0 Å². The van der Waals surface area contributed by atoms with Crippen LogP contribution in [0.3, 0.4) is 0 Å². The molecule has 0 fully saturated rings. The van der Waals surface area contributed by atoms with E-state index in [0.29, 0.717) is 6.54 Å². The molecular weight excluding hydrogens is 401 g/mol. The first-order valence-electron chi connectivity index (χ1n) is 11.1. The molecule has 1 heterocycles. The number of rotatable bonds is 7. The summed E-state index contributed by atoms with van der Waals surface area (Å²) in [6.45, 7) is 2.35. The molecule has 4 rings (SSSR count). The second-order valence-electron chi connectivity index (χ2n) is 8.60. The van der Waals surface area contributed by atoms with Crippen LogP contribution in [0.25, 0.3) is 0 Å². The highest BCUT2D eigenvalue weighted by Crippen LogP contribution is 2.28. The third-order valence-electron chi connectivity index (χ3n) is 6.17. The highest BCUT2D eigenvalue weighted by atomic mass is 19.1. The van der Waals surface area contributed by atoms with Gasteiger partial charge in [-0.3, -0.25) is 9.69 Å². The van der Waals surface area contributed by atoms with Crippen LogP contribution in [0.5, 0.6) is 0 Å². The molecule has 0 radical (unpaired) electrons. The number of benzene rings is 3. The molecule has 4 nitrogen and oxygen atoms in total. The number of hydrogen-bond donors (Lipinski definition) is 1. The van der Waals surface area contributed by atoms with E-state index in [1.807, 2.05) is 14.1 Å². The number of anilines is 1. The summed E-state index contributed by atoms with van der Waals surface area (Å²) in [5.41, 5.74) is 5.91. The maximum absolute atomic E-state index is 13.1. The van der Waals surface area contributed by atoms with Crippen LogP contribution in [0.4, 0.5) is 10.1 Å². The number of carbonyl (C=O) groups excluding carboxylic acids is 1. The Morgan fingerprint density at radius 1 is 1.00 bits per heavy atom. The van der Waals surface area contributed by atoms with E-state index in [4.69, 9.17) is 0 Å². The molecule has 5 heteroatoms. The summed E-state index contributed by atoms with van der Waals surface area (Å²) < 4.78 is 13.1. The van der Waals surface area contributed by atoms with Crippen LogP contribution in [0, 0.1) is 5.82 Å². The summed E-state index contributed by atoms with van der Waals surface area (Å²) in [6.07, 6.45) is 1.25. The molecule has 0 saturated heterocycles. The van der Waals surface area contributed by atoms with Crippen LogP contribution >= 0.6 is 0 Å². The molecule has 0 aliphatic carbocycles. The smallest absolute Gasteiger partial charge is 0.224 e. The Labute approximate surface area is 189 Å². The zero-order chi connectivity index (χ0) is 22.5. The van der Waals surface area contributed by atoms with Gasteiger partial charge in [0.1, 0.15) is 5.82 Å². The van der Waals surface area contributed by atoms with Crippen molar-refractivity contribution in [2.75, 3.05) is 32.1 Å². The predicted molar refractivity (Wildman–Crippen MR) is 127 cm³/mol. The van der Waals surface area contributed by atoms with Crippen LogP contribution < -0.4 is 10.2 Å². The van der Waals surface area contributed by atoms with Gasteiger partial charge < -0.3 is 10.2 Å². The molecule has 1 amide bonds. The fourth-order valence-corrected chi connectivity index (χ4v) is 4.30. The van der Waals surface area contributed by atoms with Gasteiger partial charge >= 0.3 is 0 Å². The van der Waals surface area contributed by atoms with Crippen molar-refractivity contribution in [1.82, 2.24) is 10.2 Å². The highest BCUT2D eigenvalue weighted by molar-refractivity contribution is 5.78. The van der Waals surface area contributed by atoms with E-state index < -0.39 is 0 Å². The number of fused-ring (bicyclic) bond motifs is 1. The van der Waals surface area contributed by atoms with Gasteiger partial charge in [-0.2, -0.15) is 0 Å². The lowest BCUT2D eigenvalue weighted by Crippen LogP contribution is -2.41. The minimum atomic E-state index is -0.291. The van der Waals surface area contributed by atoms with Gasteiger partial charge in [0, 0.05) is 39.4 Å². The van der Waals surface area contributed by atoms with Crippen molar-refractivity contribution in [3.8, 4) is 0 Å². The monoisotopic (exact) mass is 431 g/mol. The molecule has 1 aliphatic rings. The van der Waals surface area contributed by atoms with Gasteiger partial charge in [-0.25, -0.2) is 4.39 Å². The maximum Gasteiger partial charge on any atom is 0.224 e. The second-order valence-corrected chi connectivity index (χ2v) is 8.60. The minimum absolute atomic E-state index is 0.0519. The Bertz CT molecular complexity index is 1050. The molecule has 0 aromatic heterocycles. The molecule has 0 bridgehead atoms. The minimum Gasteiger partial charge on any atom is -0.378 e. The molecule has 32 heavy (non-hydrogen) atoms. The molecule has 3 aromatic carbocycles. The van der Waals surface area contributed by atoms with Crippen LogP contribution in [-0.4, -0.2) is 38.0 Å². The van der Waals surface area contributed by atoms with Crippen molar-refractivity contribution in [3.05, 3.63) is 101 Å². The summed E-state index contributed by atoms with van der Waals surface area (Å²) in [4.78, 5) is 17.2. The molecule has 166 valence electrons. The summed E-state index contributed by atoms with van der Waals surface area (Å²) in [7, 11) is 4.06. The molecule has 1 atom stereocenters. The number of carbonyl (C=O) groups is 1. The predicted octanol–water partition coefficient (Wildman–Crippen LogP) is 4.35. The summed E-state index contributed by atoms with van der Waals surface area (Å²) in [5.74, 6) is -0.343. The average Bonchev–Trinajstić information content (AvgIpc) is 2.81. The van der Waals surface area contributed by atoms with Crippen molar-refractivity contribution in [3.63, 3.8) is 0 Å². The lowest BCUT2D eigenvalue weighted by molar-refractivity contribution is -0.120. The largest absolute Gasteiger partial charge is 0.378 e. The molecular formula is C27H30FN3O. The fraction of sp³-hybridized carbons (Fsp3) is 0.296. The van der Waals surface area contributed by atoms with Crippen LogP contribution in [-0.2, 0) is 24.2 Å². The average molecular weight is 432 g/mol. The highest BCUT2D eigenvalue weighted by Gasteiger charge is 2.25. The van der Waals surface area contributed by atoms with Crippen LogP contribution in [0.1, 0.15) is 28.3 Å². The molecule has 0 saturated carbocycles. The Kier molecular flexibility index (Phi) is 6.86. The van der Waals surface area contributed by atoms with Crippen LogP contribution in [0.15, 0.2) is 72.8 Å². The number of nitrogens with one attached hydrogen (secondary N) is 1. The summed E-state index contributed by atoms with van der Waals surface area (Å²) in [5, 5.41) is 3.12. The van der Waals surface area contributed by atoms with Gasteiger partial charge in [-0.15, -0.1) is 0 Å². The molecule has 0 spiro atoms. The van der Waals surface area contributed by atoms with Gasteiger partial charge in [0.25, 0.3) is 0 Å². The van der Waals surface area contributed by atoms with Crippen molar-refractivity contribution in [2.45, 2.75) is 25.4 Å². The molecule has 3 aromatic rings. The molecule has 1 N–H and O–H groups in total. The second kappa shape index (κ2) is 9.96. The van der Waals surface area contributed by atoms with Gasteiger partial charge in [0.2, 0.25) is 5.91 Å². The van der Waals surface area contributed by atoms with Crippen molar-refractivity contribution >= 4 is 11.6 Å². The zero-order valence-electron chi connectivity index (χ0n) is 18.7. The fourth-order valence-electron chi connectivity index (χ4n) is 4.30. The number of hydrogen-bond acceptors (Lipinski definition) is 3. The first-order chi connectivity index (χ1) is 15.5. The maximum atomic E-state index is 13.1. The molecule has 0 unspecified atom stereocenters. The van der Waals surface area contributed by atoms with Crippen molar-refractivity contribution in [1.29, 1.82) is 0 Å². The van der Waals surface area contributed by atoms with E-state index >= 15 is 0 Å².